The van der Waals surface area contributed by atoms with E-state index in [1.807, 2.05) is 0 Å². The Balaban J connectivity index is 2.04. The number of carbonyl (C=O) groups is 1. The molecular weight excluding hydrogens is 228 g/mol. The molecule has 5 heteroatoms. The molecule has 98 valence electrons. The molecule has 1 aliphatic rings. The van der Waals surface area contributed by atoms with Crippen molar-refractivity contribution >= 4 is 11.6 Å². The van der Waals surface area contributed by atoms with E-state index in [-0.39, 0.29) is 11.9 Å². The number of amides is 1. The van der Waals surface area contributed by atoms with E-state index in [0.29, 0.717) is 16.7 Å². The lowest BCUT2D eigenvalue weighted by atomic mass is 9.92. The smallest absolute Gasteiger partial charge is 0.253 e. The van der Waals surface area contributed by atoms with Crippen molar-refractivity contribution in [3.63, 3.8) is 0 Å². The van der Waals surface area contributed by atoms with Gasteiger partial charge in [0.05, 0.1) is 17.4 Å². The number of nitrogen functional groups attached to an aromatic ring is 1. The largest absolute Gasteiger partial charge is 0.349 e. The molecular formula is C13H20N4O. The van der Waals surface area contributed by atoms with E-state index in [1.165, 1.54) is 0 Å². The van der Waals surface area contributed by atoms with Gasteiger partial charge in [0.2, 0.25) is 0 Å². The van der Waals surface area contributed by atoms with Crippen molar-refractivity contribution < 1.29 is 4.79 Å². The number of hydrazine groups is 1. The van der Waals surface area contributed by atoms with E-state index in [2.05, 4.69) is 29.6 Å². The van der Waals surface area contributed by atoms with Crippen LogP contribution in [0.5, 0.6) is 0 Å². The van der Waals surface area contributed by atoms with Gasteiger partial charge < -0.3 is 10.7 Å². The summed E-state index contributed by atoms with van der Waals surface area (Å²) in [5.41, 5.74) is 3.91. The highest BCUT2D eigenvalue weighted by molar-refractivity contribution is 5.99. The number of rotatable bonds is 3. The van der Waals surface area contributed by atoms with E-state index >= 15 is 0 Å². The summed E-state index contributed by atoms with van der Waals surface area (Å²) in [7, 11) is 0. The topological polar surface area (TPSA) is 80.0 Å². The lowest BCUT2D eigenvalue weighted by molar-refractivity contribution is 0.0936. The van der Waals surface area contributed by atoms with E-state index in [4.69, 9.17) is 5.84 Å². The highest BCUT2D eigenvalue weighted by atomic mass is 16.1. The average Bonchev–Trinajstić information content (AvgIpc) is 2.68. The van der Waals surface area contributed by atoms with E-state index in [1.54, 1.807) is 18.5 Å². The first-order valence-corrected chi connectivity index (χ1v) is 6.23. The molecule has 1 aromatic rings. The van der Waals surface area contributed by atoms with E-state index in [9.17, 15) is 4.79 Å². The first-order valence-electron chi connectivity index (χ1n) is 6.23. The van der Waals surface area contributed by atoms with Crippen LogP contribution in [0.1, 0.15) is 43.5 Å². The predicted octanol–water partition coefficient (Wildman–Crippen LogP) is 1.68. The minimum absolute atomic E-state index is 0.0898. The van der Waals surface area contributed by atoms with Crippen LogP contribution in [0.15, 0.2) is 18.5 Å². The molecule has 1 unspecified atom stereocenters. The number of pyridine rings is 1. The SMILES string of the molecule is CC1(C)CCC(NC(=O)c2ccncc2NN)C1. The Hall–Kier alpha value is -1.62. The minimum atomic E-state index is -0.0898. The molecule has 2 rings (SSSR count). The Morgan fingerprint density at radius 3 is 2.94 bits per heavy atom. The molecule has 18 heavy (non-hydrogen) atoms. The van der Waals surface area contributed by atoms with Gasteiger partial charge in [-0.1, -0.05) is 13.8 Å². The first kappa shape index (κ1) is 12.8. The van der Waals surface area contributed by atoms with Crippen molar-refractivity contribution in [2.24, 2.45) is 11.3 Å². The number of nitrogens with zero attached hydrogens (tertiary/aromatic N) is 1. The van der Waals surface area contributed by atoms with Gasteiger partial charge in [0.1, 0.15) is 0 Å². The molecule has 0 aliphatic heterocycles. The summed E-state index contributed by atoms with van der Waals surface area (Å²) in [6.07, 6.45) is 6.35. The molecule has 1 aliphatic carbocycles. The third-order valence-electron chi connectivity index (χ3n) is 3.52. The lowest BCUT2D eigenvalue weighted by Crippen LogP contribution is -2.34. The fourth-order valence-corrected chi connectivity index (χ4v) is 2.53. The number of nitrogens with one attached hydrogen (secondary N) is 2. The zero-order valence-electron chi connectivity index (χ0n) is 10.9. The monoisotopic (exact) mass is 248 g/mol. The zero-order chi connectivity index (χ0) is 13.2. The van der Waals surface area contributed by atoms with Gasteiger partial charge in [-0.15, -0.1) is 0 Å². The van der Waals surface area contributed by atoms with Crippen LogP contribution < -0.4 is 16.6 Å². The Labute approximate surface area is 107 Å². The summed E-state index contributed by atoms with van der Waals surface area (Å²) >= 11 is 0. The summed E-state index contributed by atoms with van der Waals surface area (Å²) in [6, 6.07) is 1.93. The molecule has 5 nitrogen and oxygen atoms in total. The summed E-state index contributed by atoms with van der Waals surface area (Å²) in [4.78, 5) is 16.1. The fourth-order valence-electron chi connectivity index (χ4n) is 2.53. The second-order valence-electron chi connectivity index (χ2n) is 5.64. The molecule has 1 atom stereocenters. The molecule has 4 N–H and O–H groups in total. The molecule has 1 fully saturated rings. The number of carbonyl (C=O) groups excluding carboxylic acids is 1. The van der Waals surface area contributed by atoms with Gasteiger partial charge in [-0.2, -0.15) is 0 Å². The van der Waals surface area contributed by atoms with Crippen LogP contribution in [0.25, 0.3) is 0 Å². The van der Waals surface area contributed by atoms with E-state index in [0.717, 1.165) is 19.3 Å². The van der Waals surface area contributed by atoms with Crippen LogP contribution in [0.4, 0.5) is 5.69 Å². The molecule has 0 saturated heterocycles. The van der Waals surface area contributed by atoms with Crippen molar-refractivity contribution in [3.8, 4) is 0 Å². The second-order valence-corrected chi connectivity index (χ2v) is 5.64. The van der Waals surface area contributed by atoms with Crippen LogP contribution in [0.3, 0.4) is 0 Å². The fraction of sp³-hybridized carbons (Fsp3) is 0.538. The van der Waals surface area contributed by atoms with Crippen molar-refractivity contribution in [1.29, 1.82) is 0 Å². The first-order chi connectivity index (χ1) is 8.52. The molecule has 0 bridgehead atoms. The lowest BCUT2D eigenvalue weighted by Gasteiger charge is -2.18. The van der Waals surface area contributed by atoms with Gasteiger partial charge in [-0.3, -0.25) is 15.6 Å². The average molecular weight is 248 g/mol. The molecule has 0 spiro atoms. The van der Waals surface area contributed by atoms with Gasteiger partial charge in [0.25, 0.3) is 5.91 Å². The third kappa shape index (κ3) is 2.79. The molecule has 0 radical (unpaired) electrons. The Morgan fingerprint density at radius 1 is 1.56 bits per heavy atom. The highest BCUT2D eigenvalue weighted by Crippen LogP contribution is 2.37. The number of hydrogen-bond donors (Lipinski definition) is 3. The molecule has 1 heterocycles. The maximum atomic E-state index is 12.2. The summed E-state index contributed by atoms with van der Waals surface area (Å²) in [5, 5.41) is 3.06. The number of aromatic nitrogens is 1. The summed E-state index contributed by atoms with van der Waals surface area (Å²) < 4.78 is 0. The Kier molecular flexibility index (Phi) is 3.52. The summed E-state index contributed by atoms with van der Waals surface area (Å²) in [5.74, 6) is 5.28. The Bertz CT molecular complexity index is 444. The summed E-state index contributed by atoms with van der Waals surface area (Å²) in [6.45, 7) is 4.47. The van der Waals surface area contributed by atoms with Crippen molar-refractivity contribution in [1.82, 2.24) is 10.3 Å². The minimum Gasteiger partial charge on any atom is -0.349 e. The highest BCUT2D eigenvalue weighted by Gasteiger charge is 2.32. The Morgan fingerprint density at radius 2 is 2.33 bits per heavy atom. The standard InChI is InChI=1S/C13H20N4O/c1-13(2)5-3-9(7-13)16-12(18)10-4-6-15-8-11(10)17-14/h4,6,8-9,17H,3,5,7,14H2,1-2H3,(H,16,18). The molecule has 1 saturated carbocycles. The van der Waals surface area contributed by atoms with Crippen LogP contribution in [-0.4, -0.2) is 16.9 Å². The van der Waals surface area contributed by atoms with Crippen LogP contribution in [0, 0.1) is 5.41 Å². The third-order valence-corrected chi connectivity index (χ3v) is 3.52. The zero-order valence-corrected chi connectivity index (χ0v) is 10.9. The van der Waals surface area contributed by atoms with Gasteiger partial charge in [0, 0.05) is 12.2 Å². The van der Waals surface area contributed by atoms with Crippen molar-refractivity contribution in [2.75, 3.05) is 5.43 Å². The molecule has 0 aromatic carbocycles. The van der Waals surface area contributed by atoms with Gasteiger partial charge in [-0.05, 0) is 30.7 Å². The maximum Gasteiger partial charge on any atom is 0.253 e. The predicted molar refractivity (Wildman–Crippen MR) is 70.9 cm³/mol. The quantitative estimate of drug-likeness (QED) is 0.561. The van der Waals surface area contributed by atoms with Crippen LogP contribution in [-0.2, 0) is 0 Å². The maximum absolute atomic E-state index is 12.2. The van der Waals surface area contributed by atoms with Gasteiger partial charge in [-0.25, -0.2) is 0 Å². The van der Waals surface area contributed by atoms with Crippen LogP contribution >= 0.6 is 0 Å². The van der Waals surface area contributed by atoms with Gasteiger partial charge >= 0.3 is 0 Å². The number of nitrogens with two attached hydrogens (primary N) is 1. The number of hydrogen-bond acceptors (Lipinski definition) is 4. The number of anilines is 1. The van der Waals surface area contributed by atoms with Gasteiger partial charge in [0.15, 0.2) is 0 Å². The van der Waals surface area contributed by atoms with Crippen molar-refractivity contribution in [3.05, 3.63) is 24.0 Å². The molecule has 1 amide bonds. The van der Waals surface area contributed by atoms with E-state index < -0.39 is 0 Å². The van der Waals surface area contributed by atoms with Crippen LogP contribution in [0.2, 0.25) is 0 Å². The van der Waals surface area contributed by atoms with Crippen molar-refractivity contribution in [2.45, 2.75) is 39.2 Å². The molecule has 1 aromatic heterocycles. The normalized spacial score (nSPS) is 21.6. The second kappa shape index (κ2) is 4.94.